The molecule has 0 N–H and O–H groups in total. The fraction of sp³-hybridized carbons (Fsp3) is 0.120. The zero-order chi connectivity index (χ0) is 23.2. The molecule has 5 aromatic rings. The summed E-state index contributed by atoms with van der Waals surface area (Å²) < 4.78 is 51.8. The Kier molecular flexibility index (Phi) is 4.92. The highest BCUT2D eigenvalue weighted by molar-refractivity contribution is 6.03. The van der Waals surface area contributed by atoms with Crippen LogP contribution in [0.5, 0.6) is 5.75 Å². The van der Waals surface area contributed by atoms with E-state index in [2.05, 4.69) is 4.98 Å². The van der Waals surface area contributed by atoms with Gasteiger partial charge in [-0.3, -0.25) is 4.98 Å². The van der Waals surface area contributed by atoms with Gasteiger partial charge in [-0.1, -0.05) is 24.3 Å². The first kappa shape index (κ1) is 20.8. The Labute approximate surface area is 185 Å². The average Bonchev–Trinajstić information content (AvgIpc) is 3.15. The molecule has 0 fully saturated rings. The van der Waals surface area contributed by atoms with E-state index >= 15 is 0 Å². The Hall–Kier alpha value is -4.07. The van der Waals surface area contributed by atoms with Crippen molar-refractivity contribution in [3.63, 3.8) is 0 Å². The van der Waals surface area contributed by atoms with Crippen LogP contribution in [0.25, 0.3) is 38.8 Å². The number of benzene rings is 3. The zero-order valence-corrected chi connectivity index (χ0v) is 17.4. The van der Waals surface area contributed by atoms with Crippen LogP contribution in [0.1, 0.15) is 12.5 Å². The number of halogens is 3. The van der Waals surface area contributed by atoms with Gasteiger partial charge in [-0.15, -0.1) is 0 Å². The van der Waals surface area contributed by atoms with E-state index in [4.69, 9.17) is 9.15 Å². The van der Waals surface area contributed by atoms with Gasteiger partial charge < -0.3 is 9.15 Å². The normalized spacial score (nSPS) is 11.9. The van der Waals surface area contributed by atoms with Crippen molar-refractivity contribution in [2.24, 2.45) is 0 Å². The Morgan fingerprint density at radius 2 is 1.76 bits per heavy atom. The number of ether oxygens (including phenoxy) is 1. The lowest BCUT2D eigenvalue weighted by molar-refractivity contribution is -0.137. The molecule has 0 radical (unpaired) electrons. The first-order chi connectivity index (χ1) is 15.8. The molecular weight excluding hydrogens is 433 g/mol. The van der Waals surface area contributed by atoms with E-state index in [-0.39, 0.29) is 11.3 Å². The van der Waals surface area contributed by atoms with E-state index in [1.54, 1.807) is 6.07 Å². The molecule has 3 aromatic carbocycles. The molecule has 33 heavy (non-hydrogen) atoms. The smallest absolute Gasteiger partial charge is 0.424 e. The van der Waals surface area contributed by atoms with Crippen molar-refractivity contribution >= 4 is 22.0 Å². The number of rotatable bonds is 4. The van der Waals surface area contributed by atoms with Crippen molar-refractivity contribution in [1.82, 2.24) is 9.55 Å². The standard InChI is InChI=1S/C25H17F3N2O3/c1-2-32-19-9-6-15(7-10-19)16-8-11-21-20(12-16)23-22(14-29-21)33-24(31)30(23)18-5-3-4-17(13-18)25(26,27)28/h3-14H,2H2,1H3. The molecule has 0 spiro atoms. The molecule has 2 aromatic heterocycles. The summed E-state index contributed by atoms with van der Waals surface area (Å²) in [7, 11) is 0. The van der Waals surface area contributed by atoms with Crippen LogP contribution in [0.4, 0.5) is 13.2 Å². The van der Waals surface area contributed by atoms with Crippen molar-refractivity contribution in [2.75, 3.05) is 6.61 Å². The molecule has 5 nitrogen and oxygen atoms in total. The Bertz CT molecular complexity index is 1530. The number of aromatic nitrogens is 2. The molecule has 0 saturated carbocycles. The van der Waals surface area contributed by atoms with E-state index in [1.165, 1.54) is 18.3 Å². The number of hydrogen-bond donors (Lipinski definition) is 0. The van der Waals surface area contributed by atoms with Gasteiger partial charge in [0.05, 0.1) is 29.6 Å². The third kappa shape index (κ3) is 3.73. The van der Waals surface area contributed by atoms with Crippen LogP contribution in [0, 0.1) is 0 Å². The quantitative estimate of drug-likeness (QED) is 0.326. The fourth-order valence-electron chi connectivity index (χ4n) is 3.84. The van der Waals surface area contributed by atoms with Crippen molar-refractivity contribution in [3.05, 3.63) is 89.0 Å². The van der Waals surface area contributed by atoms with Gasteiger partial charge in [-0.25, -0.2) is 9.36 Å². The summed E-state index contributed by atoms with van der Waals surface area (Å²) in [5.41, 5.74) is 2.10. The van der Waals surface area contributed by atoms with Gasteiger partial charge >= 0.3 is 11.9 Å². The molecule has 0 bridgehead atoms. The molecular formula is C25H17F3N2O3. The van der Waals surface area contributed by atoms with Gasteiger partial charge in [-0.05, 0) is 60.5 Å². The maximum Gasteiger partial charge on any atom is 0.424 e. The van der Waals surface area contributed by atoms with E-state index in [0.29, 0.717) is 23.0 Å². The Balaban J connectivity index is 1.73. The molecule has 0 aliphatic rings. The van der Waals surface area contributed by atoms with E-state index < -0.39 is 17.5 Å². The lowest BCUT2D eigenvalue weighted by Gasteiger charge is -2.10. The summed E-state index contributed by atoms with van der Waals surface area (Å²) in [5.74, 6) is -0.0376. The molecule has 0 unspecified atom stereocenters. The second-order valence-electron chi connectivity index (χ2n) is 7.41. The summed E-state index contributed by atoms with van der Waals surface area (Å²) in [6.45, 7) is 2.47. The Morgan fingerprint density at radius 3 is 2.48 bits per heavy atom. The van der Waals surface area contributed by atoms with Gasteiger partial charge in [0.2, 0.25) is 0 Å². The van der Waals surface area contributed by atoms with E-state index in [9.17, 15) is 18.0 Å². The highest BCUT2D eigenvalue weighted by Gasteiger charge is 2.31. The van der Waals surface area contributed by atoms with E-state index in [1.807, 2.05) is 43.3 Å². The van der Waals surface area contributed by atoms with Crippen LogP contribution >= 0.6 is 0 Å². The van der Waals surface area contributed by atoms with Crippen molar-refractivity contribution < 1.29 is 22.3 Å². The molecule has 0 atom stereocenters. The number of hydrogen-bond acceptors (Lipinski definition) is 4. The zero-order valence-electron chi connectivity index (χ0n) is 17.4. The van der Waals surface area contributed by atoms with E-state index in [0.717, 1.165) is 33.6 Å². The van der Waals surface area contributed by atoms with Crippen LogP contribution < -0.4 is 10.5 Å². The van der Waals surface area contributed by atoms with Crippen molar-refractivity contribution in [1.29, 1.82) is 0 Å². The van der Waals surface area contributed by atoms with Crippen LogP contribution in [-0.2, 0) is 6.18 Å². The summed E-state index contributed by atoms with van der Waals surface area (Å²) >= 11 is 0. The monoisotopic (exact) mass is 450 g/mol. The van der Waals surface area contributed by atoms with Crippen LogP contribution in [0.15, 0.2) is 82.1 Å². The summed E-state index contributed by atoms with van der Waals surface area (Å²) in [5, 5.41) is 0.585. The molecule has 0 amide bonds. The number of oxazole rings is 1. The summed E-state index contributed by atoms with van der Waals surface area (Å²) in [4.78, 5) is 17.0. The molecule has 0 aliphatic heterocycles. The second-order valence-corrected chi connectivity index (χ2v) is 7.41. The lowest BCUT2D eigenvalue weighted by Crippen LogP contribution is -2.13. The highest BCUT2D eigenvalue weighted by Crippen LogP contribution is 2.33. The van der Waals surface area contributed by atoms with Crippen molar-refractivity contribution in [2.45, 2.75) is 13.1 Å². The number of pyridine rings is 1. The van der Waals surface area contributed by atoms with Gasteiger partial charge in [-0.2, -0.15) is 13.2 Å². The summed E-state index contributed by atoms with van der Waals surface area (Å²) in [6.07, 6.45) is -3.14. The highest BCUT2D eigenvalue weighted by atomic mass is 19.4. The molecule has 8 heteroatoms. The van der Waals surface area contributed by atoms with Crippen LogP contribution in [0.3, 0.4) is 0 Å². The van der Waals surface area contributed by atoms with Gasteiger partial charge in [0.15, 0.2) is 5.58 Å². The fourth-order valence-corrected chi connectivity index (χ4v) is 3.84. The molecule has 0 saturated heterocycles. The van der Waals surface area contributed by atoms with Crippen LogP contribution in [-0.4, -0.2) is 16.2 Å². The first-order valence-electron chi connectivity index (χ1n) is 10.2. The minimum Gasteiger partial charge on any atom is -0.494 e. The Morgan fingerprint density at radius 1 is 1.00 bits per heavy atom. The second kappa shape index (κ2) is 7.81. The molecule has 5 rings (SSSR count). The minimum absolute atomic E-state index is 0.0625. The molecule has 166 valence electrons. The minimum atomic E-state index is -4.54. The predicted octanol–water partition coefficient (Wildman–Crippen LogP) is 6.22. The van der Waals surface area contributed by atoms with Crippen LogP contribution in [0.2, 0.25) is 0 Å². The third-order valence-corrected chi connectivity index (χ3v) is 5.34. The molecule has 2 heterocycles. The lowest BCUT2D eigenvalue weighted by atomic mass is 10.0. The third-order valence-electron chi connectivity index (χ3n) is 5.34. The van der Waals surface area contributed by atoms with Gasteiger partial charge in [0, 0.05) is 5.39 Å². The number of alkyl halides is 3. The average molecular weight is 450 g/mol. The maximum atomic E-state index is 13.3. The SMILES string of the molecule is CCOc1ccc(-c2ccc3ncc4oc(=O)n(-c5cccc(C(F)(F)F)c5)c4c3c2)cc1. The first-order valence-corrected chi connectivity index (χ1v) is 10.2. The summed E-state index contributed by atoms with van der Waals surface area (Å²) in [6, 6.07) is 17.7. The predicted molar refractivity (Wildman–Crippen MR) is 119 cm³/mol. The maximum absolute atomic E-state index is 13.3. The van der Waals surface area contributed by atoms with Gasteiger partial charge in [0.25, 0.3) is 0 Å². The topological polar surface area (TPSA) is 57.3 Å². The van der Waals surface area contributed by atoms with Crippen molar-refractivity contribution in [3.8, 4) is 22.6 Å². The van der Waals surface area contributed by atoms with Gasteiger partial charge in [0.1, 0.15) is 11.3 Å². The number of fused-ring (bicyclic) bond motifs is 3. The number of nitrogens with zero attached hydrogens (tertiary/aromatic N) is 2. The molecule has 0 aliphatic carbocycles. The largest absolute Gasteiger partial charge is 0.494 e.